The van der Waals surface area contributed by atoms with Gasteiger partial charge in [0.1, 0.15) is 17.1 Å². The number of piperazine rings is 1. The summed E-state index contributed by atoms with van der Waals surface area (Å²) in [5.74, 6) is 0.782. The van der Waals surface area contributed by atoms with Crippen molar-refractivity contribution in [3.05, 3.63) is 120 Å². The molecule has 0 saturated carbocycles. The van der Waals surface area contributed by atoms with Crippen LogP contribution in [0.25, 0.3) is 39.5 Å². The molecule has 0 radical (unpaired) electrons. The predicted molar refractivity (Wildman–Crippen MR) is 184 cm³/mol. The number of pyridine rings is 2. The number of phenols is 1. The number of hydrogen-bond donors (Lipinski definition) is 2. The summed E-state index contributed by atoms with van der Waals surface area (Å²) in [6.45, 7) is 2.02. The fraction of sp³-hybridized carbons (Fsp3) is 0.184. The highest BCUT2D eigenvalue weighted by atomic mass is 16.3. The summed E-state index contributed by atoms with van der Waals surface area (Å²) >= 11 is 0. The van der Waals surface area contributed by atoms with Gasteiger partial charge in [-0.25, -0.2) is 15.0 Å². The van der Waals surface area contributed by atoms with E-state index in [1.165, 1.54) is 17.7 Å². The summed E-state index contributed by atoms with van der Waals surface area (Å²) < 4.78 is 2.05. The highest BCUT2D eigenvalue weighted by molar-refractivity contribution is 5.96. The van der Waals surface area contributed by atoms with E-state index in [-0.39, 0.29) is 29.3 Å². The van der Waals surface area contributed by atoms with Gasteiger partial charge in [-0.05, 0) is 73.0 Å². The zero-order valence-electron chi connectivity index (χ0n) is 26.1. The van der Waals surface area contributed by atoms with Gasteiger partial charge in [0.2, 0.25) is 0 Å². The topological polar surface area (TPSA) is 130 Å². The molecule has 6 aromatic rings. The van der Waals surface area contributed by atoms with Crippen LogP contribution in [0.2, 0.25) is 0 Å². The van der Waals surface area contributed by atoms with E-state index >= 15 is 0 Å². The maximum atomic E-state index is 13.3. The molecule has 0 spiro atoms. The van der Waals surface area contributed by atoms with Crippen molar-refractivity contribution in [2.24, 2.45) is 0 Å². The molecule has 238 valence electrons. The number of likely N-dealkylation sites (tertiary alicyclic amines) is 1. The molecule has 10 heteroatoms. The second kappa shape index (κ2) is 12.1. The van der Waals surface area contributed by atoms with E-state index in [0.717, 1.165) is 53.1 Å². The largest absolute Gasteiger partial charge is 0.507 e. The fourth-order valence-corrected chi connectivity index (χ4v) is 7.09. The number of hydrogen-bond acceptors (Lipinski definition) is 8. The highest BCUT2D eigenvalue weighted by Gasteiger charge is 2.41. The third-order valence-electron chi connectivity index (χ3n) is 9.54. The number of anilines is 1. The minimum absolute atomic E-state index is 0.120. The molecule has 10 nitrogen and oxygen atoms in total. The summed E-state index contributed by atoms with van der Waals surface area (Å²) in [4.78, 5) is 43.1. The lowest BCUT2D eigenvalue weighted by molar-refractivity contribution is 0.0423. The third kappa shape index (κ3) is 5.26. The molecule has 2 saturated heterocycles. The predicted octanol–water partition coefficient (Wildman–Crippen LogP) is 5.74. The Kier molecular flexibility index (Phi) is 7.41. The molecule has 2 unspecified atom stereocenters. The number of imidazole rings is 1. The molecule has 2 atom stereocenters. The molecule has 5 heterocycles. The van der Waals surface area contributed by atoms with Gasteiger partial charge in [0.25, 0.3) is 5.91 Å². The lowest BCUT2D eigenvalue weighted by Crippen LogP contribution is -2.54. The van der Waals surface area contributed by atoms with Crippen molar-refractivity contribution in [3.8, 4) is 34.1 Å². The van der Waals surface area contributed by atoms with Gasteiger partial charge in [0, 0.05) is 54.7 Å². The van der Waals surface area contributed by atoms with Crippen LogP contribution in [-0.4, -0.2) is 71.8 Å². The monoisotopic (exact) mass is 635 g/mol. The van der Waals surface area contributed by atoms with Crippen LogP contribution in [0, 0.1) is 0 Å². The number of aromatic hydroxyl groups is 1. The average molecular weight is 636 g/mol. The molecule has 3 aromatic carbocycles. The maximum Gasteiger partial charge on any atom is 0.254 e. The minimum Gasteiger partial charge on any atom is -0.507 e. The van der Waals surface area contributed by atoms with E-state index in [4.69, 9.17) is 15.7 Å². The smallest absolute Gasteiger partial charge is 0.254 e. The van der Waals surface area contributed by atoms with Gasteiger partial charge < -0.3 is 15.7 Å². The van der Waals surface area contributed by atoms with Crippen molar-refractivity contribution in [2.45, 2.75) is 31.5 Å². The molecular weight excluding hydrogens is 602 g/mol. The SMILES string of the molecule is Nc1ncccc1-c1nc2ccc(-c3ccccc3)nc2n1-c1ccc(CN2C3CCC2CN(C(=O)c2ccc(C=O)c(O)c2)C3)cc1. The number of benzene rings is 3. The van der Waals surface area contributed by atoms with Crippen LogP contribution in [0.1, 0.15) is 39.1 Å². The first-order valence-electron chi connectivity index (χ1n) is 16.0. The summed E-state index contributed by atoms with van der Waals surface area (Å²) in [6, 6.07) is 31.3. The second-order valence-corrected chi connectivity index (χ2v) is 12.4. The van der Waals surface area contributed by atoms with E-state index in [1.54, 1.807) is 12.3 Å². The van der Waals surface area contributed by atoms with Crippen LogP contribution in [0.3, 0.4) is 0 Å². The van der Waals surface area contributed by atoms with Crippen molar-refractivity contribution in [1.82, 2.24) is 29.3 Å². The summed E-state index contributed by atoms with van der Waals surface area (Å²) in [7, 11) is 0. The Morgan fingerprint density at radius 2 is 1.67 bits per heavy atom. The van der Waals surface area contributed by atoms with Crippen LogP contribution in [0.15, 0.2) is 103 Å². The van der Waals surface area contributed by atoms with E-state index < -0.39 is 0 Å². The third-order valence-corrected chi connectivity index (χ3v) is 9.54. The lowest BCUT2D eigenvalue weighted by Gasteiger charge is -2.41. The number of fused-ring (bicyclic) bond motifs is 3. The second-order valence-electron chi connectivity index (χ2n) is 12.4. The van der Waals surface area contributed by atoms with Crippen LogP contribution < -0.4 is 5.73 Å². The highest BCUT2D eigenvalue weighted by Crippen LogP contribution is 2.34. The number of nitrogens with zero attached hydrogens (tertiary/aromatic N) is 6. The molecular formula is C38H33N7O3. The zero-order chi connectivity index (χ0) is 32.8. The normalized spacial score (nSPS) is 17.5. The number of rotatable bonds is 7. The first-order valence-corrected chi connectivity index (χ1v) is 16.0. The number of nitrogen functional groups attached to an aromatic ring is 1. The van der Waals surface area contributed by atoms with Crippen LogP contribution >= 0.6 is 0 Å². The van der Waals surface area contributed by atoms with Gasteiger partial charge in [-0.2, -0.15) is 0 Å². The van der Waals surface area contributed by atoms with Gasteiger partial charge in [-0.3, -0.25) is 19.1 Å². The van der Waals surface area contributed by atoms with Crippen molar-refractivity contribution in [2.75, 3.05) is 18.8 Å². The molecule has 1 amide bonds. The number of carbonyl (C=O) groups is 2. The van der Waals surface area contributed by atoms with Crippen molar-refractivity contribution < 1.29 is 14.7 Å². The molecule has 8 rings (SSSR count). The van der Waals surface area contributed by atoms with E-state index in [1.807, 2.05) is 64.1 Å². The van der Waals surface area contributed by atoms with Gasteiger partial charge in [0.05, 0.1) is 16.8 Å². The molecule has 3 N–H and O–H groups in total. The van der Waals surface area contributed by atoms with E-state index in [9.17, 15) is 14.7 Å². The first kappa shape index (κ1) is 29.5. The first-order chi connectivity index (χ1) is 23.5. The molecule has 2 fully saturated rings. The molecule has 0 aliphatic carbocycles. The van der Waals surface area contributed by atoms with Gasteiger partial charge in [-0.1, -0.05) is 42.5 Å². The standard InChI is InChI=1S/C38H33N7O3/c39-35-31(7-4-18-40-35)36-42-33-17-16-32(25-5-2-1-3-6-25)41-37(33)45(36)28-12-8-24(9-13-28)20-44-29-14-15-30(44)22-43(21-29)38(48)26-10-11-27(23-46)34(47)19-26/h1-13,16-19,23,29-30,47H,14-15,20-22H2,(H2,39,40). The number of carbonyl (C=O) groups excluding carboxylic acids is 2. The molecule has 2 bridgehead atoms. The zero-order valence-corrected chi connectivity index (χ0v) is 26.1. The summed E-state index contributed by atoms with van der Waals surface area (Å²) in [5, 5.41) is 10.1. The van der Waals surface area contributed by atoms with Crippen LogP contribution in [0.4, 0.5) is 5.82 Å². The number of aromatic nitrogens is 4. The van der Waals surface area contributed by atoms with Gasteiger partial charge in [0.15, 0.2) is 17.8 Å². The number of aldehydes is 1. The molecule has 3 aromatic heterocycles. The number of amides is 1. The Balaban J connectivity index is 1.07. The Hall–Kier alpha value is -5.87. The maximum absolute atomic E-state index is 13.3. The van der Waals surface area contributed by atoms with Gasteiger partial charge in [-0.15, -0.1) is 0 Å². The van der Waals surface area contributed by atoms with E-state index in [0.29, 0.717) is 36.6 Å². The Morgan fingerprint density at radius 3 is 2.38 bits per heavy atom. The molecule has 2 aliphatic heterocycles. The lowest BCUT2D eigenvalue weighted by atomic mass is 10.1. The minimum atomic E-state index is -0.173. The summed E-state index contributed by atoms with van der Waals surface area (Å²) in [5.41, 5.74) is 13.1. The van der Waals surface area contributed by atoms with Gasteiger partial charge >= 0.3 is 0 Å². The van der Waals surface area contributed by atoms with Crippen molar-refractivity contribution >= 4 is 29.2 Å². The van der Waals surface area contributed by atoms with Crippen molar-refractivity contribution in [1.29, 1.82) is 0 Å². The molecule has 2 aliphatic rings. The number of nitrogens with two attached hydrogens (primary N) is 1. The Labute approximate surface area is 277 Å². The van der Waals surface area contributed by atoms with Crippen molar-refractivity contribution in [3.63, 3.8) is 0 Å². The Bertz CT molecular complexity index is 2150. The van der Waals surface area contributed by atoms with E-state index in [2.05, 4.69) is 34.1 Å². The average Bonchev–Trinajstić information content (AvgIpc) is 3.60. The Morgan fingerprint density at radius 1 is 0.896 bits per heavy atom. The fourth-order valence-electron chi connectivity index (χ4n) is 7.09. The quantitative estimate of drug-likeness (QED) is 0.213. The summed E-state index contributed by atoms with van der Waals surface area (Å²) in [6.07, 6.45) is 4.30. The molecule has 48 heavy (non-hydrogen) atoms. The van der Waals surface area contributed by atoms with Crippen LogP contribution in [-0.2, 0) is 6.54 Å². The van der Waals surface area contributed by atoms with Crippen LogP contribution in [0.5, 0.6) is 5.75 Å². The number of phenolic OH excluding ortho intramolecular Hbond substituents is 1.